The van der Waals surface area contributed by atoms with E-state index >= 15 is 0 Å². The fourth-order valence-electron chi connectivity index (χ4n) is 8.02. The molecule has 7 aromatic carbocycles. The lowest BCUT2D eigenvalue weighted by Gasteiger charge is -2.20. The molecule has 4 aromatic heterocycles. The van der Waals surface area contributed by atoms with Gasteiger partial charge in [-0.2, -0.15) is 0 Å². The van der Waals surface area contributed by atoms with Crippen molar-refractivity contribution < 1.29 is 8.83 Å². The third kappa shape index (κ3) is 7.46. The van der Waals surface area contributed by atoms with Crippen molar-refractivity contribution in [1.29, 1.82) is 0 Å². The first kappa shape index (κ1) is 38.1. The zero-order valence-corrected chi connectivity index (χ0v) is 34.3. The summed E-state index contributed by atoms with van der Waals surface area (Å²) in [5, 5.41) is 18.6. The molecule has 4 heterocycles. The summed E-state index contributed by atoms with van der Waals surface area (Å²) in [5.74, 6) is 1.12. The molecule has 8 heteroatoms. The topological polar surface area (TPSA) is 104 Å². The van der Waals surface area contributed by atoms with Crippen molar-refractivity contribution in [3.05, 3.63) is 219 Å². The molecule has 0 radical (unpaired) electrons. The second-order valence-corrected chi connectivity index (χ2v) is 15.2. The number of hydrogen-bond donors (Lipinski definition) is 0. The normalized spacial score (nSPS) is 11.1. The fraction of sp³-hybridized carbons (Fsp3) is 0. The number of pyridine rings is 2. The second kappa shape index (κ2) is 16.9. The molecular formula is C56H36N6O2. The Balaban J connectivity index is 1.13. The van der Waals surface area contributed by atoms with Gasteiger partial charge in [0.05, 0.1) is 17.0 Å². The molecule has 0 aliphatic carbocycles. The lowest BCUT2D eigenvalue weighted by Crippen LogP contribution is -2.02. The molecule has 0 aliphatic rings. The standard InChI is InChI=1S/C56H36N6O2/c1-5-15-37(16-6-1)40-24-30-44(31-25-40)49-48(43-21-11-4-12-22-43)50(55-61-59-53(63-55)45-32-26-41(27-33-45)38-17-7-2-8-18-38)52(58-51(49)47-23-13-14-36-57-47)56-62-60-54(64-56)46-34-28-42(29-35-46)39-19-9-3-10-20-39/h1-36H. The number of aromatic nitrogens is 6. The lowest BCUT2D eigenvalue weighted by molar-refractivity contribution is 0.575. The molecule has 0 aliphatic heterocycles. The first-order valence-electron chi connectivity index (χ1n) is 20.9. The van der Waals surface area contributed by atoms with Gasteiger partial charge < -0.3 is 8.83 Å². The number of benzene rings is 7. The van der Waals surface area contributed by atoms with Gasteiger partial charge in [-0.1, -0.05) is 176 Å². The number of hydrogen-bond acceptors (Lipinski definition) is 8. The molecule has 302 valence electrons. The summed E-state index contributed by atoms with van der Waals surface area (Å²) < 4.78 is 13.3. The van der Waals surface area contributed by atoms with Crippen LogP contribution in [0.25, 0.3) is 113 Å². The van der Waals surface area contributed by atoms with Gasteiger partial charge in [0, 0.05) is 28.5 Å². The van der Waals surface area contributed by atoms with Gasteiger partial charge in [-0.15, -0.1) is 20.4 Å². The van der Waals surface area contributed by atoms with Crippen LogP contribution < -0.4 is 0 Å². The fourth-order valence-corrected chi connectivity index (χ4v) is 8.02. The molecule has 0 fully saturated rings. The summed E-state index contributed by atoms with van der Waals surface area (Å²) in [6.07, 6.45) is 1.77. The SMILES string of the molecule is c1ccc(-c2ccc(-c3nnc(-c4nc(-c5ccccn5)c(-c5ccc(-c6ccccc6)cc5)c(-c5ccccc5)c4-c4nnc(-c5ccc(-c6ccccc6)cc5)o4)o3)cc2)cc1. The van der Waals surface area contributed by atoms with Gasteiger partial charge >= 0.3 is 0 Å². The van der Waals surface area contributed by atoms with Crippen molar-refractivity contribution in [1.82, 2.24) is 30.4 Å². The predicted molar refractivity (Wildman–Crippen MR) is 252 cm³/mol. The van der Waals surface area contributed by atoms with Crippen LogP contribution in [0.4, 0.5) is 0 Å². The Morgan fingerprint density at radius 3 is 1.08 bits per heavy atom. The molecule has 0 saturated carbocycles. The Morgan fingerprint density at radius 2 is 0.609 bits per heavy atom. The molecule has 0 saturated heterocycles. The van der Waals surface area contributed by atoms with E-state index in [1.807, 2.05) is 115 Å². The van der Waals surface area contributed by atoms with E-state index in [1.165, 1.54) is 0 Å². The predicted octanol–water partition coefficient (Wildman–Crippen LogP) is 13.9. The smallest absolute Gasteiger partial charge is 0.267 e. The molecular weight excluding hydrogens is 789 g/mol. The summed E-state index contributed by atoms with van der Waals surface area (Å²) in [6.45, 7) is 0. The maximum atomic E-state index is 6.72. The van der Waals surface area contributed by atoms with Crippen molar-refractivity contribution >= 4 is 0 Å². The van der Waals surface area contributed by atoms with Gasteiger partial charge in [0.1, 0.15) is 5.69 Å². The highest BCUT2D eigenvalue weighted by atomic mass is 16.4. The van der Waals surface area contributed by atoms with Crippen LogP contribution in [0, 0.1) is 0 Å². The molecule has 0 unspecified atom stereocenters. The van der Waals surface area contributed by atoms with Crippen molar-refractivity contribution in [2.75, 3.05) is 0 Å². The van der Waals surface area contributed by atoms with Gasteiger partial charge in [0.25, 0.3) is 11.8 Å². The average Bonchev–Trinajstić information content (AvgIpc) is 4.09. The first-order chi connectivity index (χ1) is 31.7. The maximum Gasteiger partial charge on any atom is 0.267 e. The van der Waals surface area contributed by atoms with Crippen LogP contribution >= 0.6 is 0 Å². The summed E-state index contributed by atoms with van der Waals surface area (Å²) in [4.78, 5) is 10.3. The third-order valence-electron chi connectivity index (χ3n) is 11.2. The molecule has 0 atom stereocenters. The third-order valence-corrected chi connectivity index (χ3v) is 11.2. The zero-order chi connectivity index (χ0) is 42.7. The van der Waals surface area contributed by atoms with E-state index in [4.69, 9.17) is 23.9 Å². The van der Waals surface area contributed by atoms with E-state index in [-0.39, 0.29) is 11.8 Å². The molecule has 8 nitrogen and oxygen atoms in total. The summed E-state index contributed by atoms with van der Waals surface area (Å²) in [6, 6.07) is 71.5. The van der Waals surface area contributed by atoms with Crippen LogP contribution in [0.1, 0.15) is 0 Å². The van der Waals surface area contributed by atoms with Gasteiger partial charge in [0.15, 0.2) is 0 Å². The maximum absolute atomic E-state index is 6.72. The minimum atomic E-state index is 0.185. The van der Waals surface area contributed by atoms with Gasteiger partial charge in [-0.05, 0) is 80.9 Å². The van der Waals surface area contributed by atoms with E-state index in [0.717, 1.165) is 66.8 Å². The minimum absolute atomic E-state index is 0.185. The summed E-state index contributed by atoms with van der Waals surface area (Å²) >= 11 is 0. The van der Waals surface area contributed by atoms with Gasteiger partial charge in [0.2, 0.25) is 11.8 Å². The highest BCUT2D eigenvalue weighted by Gasteiger charge is 2.31. The van der Waals surface area contributed by atoms with Crippen molar-refractivity contribution in [3.8, 4) is 113 Å². The Labute approximate surface area is 369 Å². The largest absolute Gasteiger partial charge is 0.416 e. The molecule has 0 bridgehead atoms. The summed E-state index contributed by atoms with van der Waals surface area (Å²) in [5.41, 5.74) is 13.8. The lowest BCUT2D eigenvalue weighted by atomic mass is 9.87. The van der Waals surface area contributed by atoms with E-state index in [0.29, 0.717) is 34.4 Å². The summed E-state index contributed by atoms with van der Waals surface area (Å²) in [7, 11) is 0. The molecule has 11 aromatic rings. The first-order valence-corrected chi connectivity index (χ1v) is 20.9. The van der Waals surface area contributed by atoms with Crippen LogP contribution in [0.3, 0.4) is 0 Å². The monoisotopic (exact) mass is 824 g/mol. The number of rotatable bonds is 10. The van der Waals surface area contributed by atoms with E-state index in [1.54, 1.807) is 6.20 Å². The molecule has 0 amide bonds. The molecule has 11 rings (SSSR count). The van der Waals surface area contributed by atoms with Gasteiger partial charge in [-0.3, -0.25) is 4.98 Å². The van der Waals surface area contributed by atoms with Crippen LogP contribution in [-0.4, -0.2) is 30.4 Å². The van der Waals surface area contributed by atoms with Gasteiger partial charge in [-0.25, -0.2) is 4.98 Å². The average molecular weight is 825 g/mol. The van der Waals surface area contributed by atoms with E-state index < -0.39 is 0 Å². The van der Waals surface area contributed by atoms with Crippen LogP contribution in [-0.2, 0) is 0 Å². The van der Waals surface area contributed by atoms with Crippen molar-refractivity contribution in [2.24, 2.45) is 0 Å². The van der Waals surface area contributed by atoms with Crippen LogP contribution in [0.15, 0.2) is 227 Å². The van der Waals surface area contributed by atoms with Crippen molar-refractivity contribution in [3.63, 3.8) is 0 Å². The Kier molecular flexibility index (Phi) is 10.0. The highest BCUT2D eigenvalue weighted by molar-refractivity contribution is 6.02. The van der Waals surface area contributed by atoms with Crippen LogP contribution in [0.5, 0.6) is 0 Å². The Hall–Kier alpha value is -8.88. The molecule has 0 spiro atoms. The zero-order valence-electron chi connectivity index (χ0n) is 34.3. The number of nitrogens with zero attached hydrogens (tertiary/aromatic N) is 6. The Bertz CT molecular complexity index is 3320. The quantitative estimate of drug-likeness (QED) is 0.134. The van der Waals surface area contributed by atoms with E-state index in [2.05, 4.69) is 112 Å². The molecule has 0 N–H and O–H groups in total. The second-order valence-electron chi connectivity index (χ2n) is 15.2. The van der Waals surface area contributed by atoms with E-state index in [9.17, 15) is 0 Å². The van der Waals surface area contributed by atoms with Crippen LogP contribution in [0.2, 0.25) is 0 Å². The highest BCUT2D eigenvalue weighted by Crippen LogP contribution is 2.48. The minimum Gasteiger partial charge on any atom is -0.416 e. The molecule has 64 heavy (non-hydrogen) atoms. The Morgan fingerprint density at radius 1 is 0.250 bits per heavy atom. The van der Waals surface area contributed by atoms with Crippen molar-refractivity contribution in [2.45, 2.75) is 0 Å².